The third kappa shape index (κ3) is 6.30. The fourth-order valence-corrected chi connectivity index (χ4v) is 3.03. The maximum absolute atomic E-state index is 12.4. The van der Waals surface area contributed by atoms with E-state index in [-0.39, 0.29) is 22.1 Å². The first-order valence-electron chi connectivity index (χ1n) is 7.38. The molecule has 1 saturated carbocycles. The van der Waals surface area contributed by atoms with E-state index >= 15 is 0 Å². The predicted molar refractivity (Wildman–Crippen MR) is 83.5 cm³/mol. The van der Waals surface area contributed by atoms with Gasteiger partial charge in [0.15, 0.2) is 0 Å². The van der Waals surface area contributed by atoms with E-state index in [4.69, 9.17) is 5.73 Å². The van der Waals surface area contributed by atoms with Crippen molar-refractivity contribution in [2.75, 3.05) is 6.54 Å². The number of aryl methyl sites for hydroxylation is 2. The molecule has 2 N–H and O–H groups in total. The Morgan fingerprint density at radius 2 is 1.81 bits per heavy atom. The molecule has 0 radical (unpaired) electrons. The standard InChI is InChI=1S/C14H18F3NS.C2H6/c1-10-6-11(2-3-13(9-18)4-5-13)8-12(7-10)19-14(15,16)17;1-2/h6-8H,2-5,9,18H2,1H3;1-2H3. The Morgan fingerprint density at radius 1 is 1.19 bits per heavy atom. The van der Waals surface area contributed by atoms with Gasteiger partial charge in [0.2, 0.25) is 0 Å². The van der Waals surface area contributed by atoms with Gasteiger partial charge in [0.1, 0.15) is 0 Å². The lowest BCUT2D eigenvalue weighted by Gasteiger charge is -2.13. The van der Waals surface area contributed by atoms with Crippen molar-refractivity contribution in [3.8, 4) is 0 Å². The number of nitrogens with two attached hydrogens (primary N) is 1. The highest BCUT2D eigenvalue weighted by atomic mass is 32.2. The van der Waals surface area contributed by atoms with Crippen molar-refractivity contribution in [3.05, 3.63) is 29.3 Å². The Morgan fingerprint density at radius 3 is 2.29 bits per heavy atom. The van der Waals surface area contributed by atoms with Gasteiger partial charge in [-0.3, -0.25) is 0 Å². The molecule has 2 rings (SSSR count). The first-order valence-corrected chi connectivity index (χ1v) is 8.20. The molecule has 0 saturated heterocycles. The second-order valence-corrected chi connectivity index (χ2v) is 6.54. The number of alkyl halides is 3. The molecular weight excluding hydrogens is 295 g/mol. The average Bonchev–Trinajstić information content (AvgIpc) is 3.17. The second-order valence-electron chi connectivity index (χ2n) is 5.41. The van der Waals surface area contributed by atoms with E-state index in [0.29, 0.717) is 6.54 Å². The van der Waals surface area contributed by atoms with E-state index in [2.05, 4.69) is 0 Å². The summed E-state index contributed by atoms with van der Waals surface area (Å²) in [5, 5.41) is 0. The van der Waals surface area contributed by atoms with Crippen LogP contribution >= 0.6 is 11.8 Å². The predicted octanol–water partition coefficient (Wildman–Crippen LogP) is 5.30. The molecule has 5 heteroatoms. The van der Waals surface area contributed by atoms with Crippen LogP contribution in [-0.2, 0) is 6.42 Å². The van der Waals surface area contributed by atoms with Gasteiger partial charge in [-0.2, -0.15) is 13.2 Å². The van der Waals surface area contributed by atoms with E-state index in [0.717, 1.165) is 36.8 Å². The second kappa shape index (κ2) is 7.54. The van der Waals surface area contributed by atoms with Crippen molar-refractivity contribution in [2.45, 2.75) is 56.9 Å². The monoisotopic (exact) mass is 319 g/mol. The normalized spacial score (nSPS) is 16.1. The zero-order valence-corrected chi connectivity index (χ0v) is 13.7. The Kier molecular flexibility index (Phi) is 6.60. The molecule has 0 bridgehead atoms. The number of hydrogen-bond acceptors (Lipinski definition) is 2. The number of thioether (sulfide) groups is 1. The maximum Gasteiger partial charge on any atom is 0.446 e. The molecule has 0 spiro atoms. The number of benzene rings is 1. The quantitative estimate of drug-likeness (QED) is 0.745. The molecule has 1 aromatic rings. The fraction of sp³-hybridized carbons (Fsp3) is 0.625. The minimum absolute atomic E-state index is 0.0409. The van der Waals surface area contributed by atoms with E-state index in [1.54, 1.807) is 12.1 Å². The molecule has 1 aliphatic rings. The highest BCUT2D eigenvalue weighted by molar-refractivity contribution is 8.00. The summed E-state index contributed by atoms with van der Waals surface area (Å²) in [5.74, 6) is 0. The third-order valence-corrected chi connectivity index (χ3v) is 4.38. The zero-order chi connectivity index (χ0) is 16.1. The van der Waals surface area contributed by atoms with Gasteiger partial charge < -0.3 is 5.73 Å². The minimum Gasteiger partial charge on any atom is -0.330 e. The minimum atomic E-state index is -4.22. The molecule has 0 atom stereocenters. The molecule has 0 unspecified atom stereocenters. The van der Waals surface area contributed by atoms with E-state index < -0.39 is 5.51 Å². The van der Waals surface area contributed by atoms with Crippen LogP contribution in [-0.4, -0.2) is 12.1 Å². The molecule has 21 heavy (non-hydrogen) atoms. The first kappa shape index (κ1) is 18.4. The van der Waals surface area contributed by atoms with Crippen LogP contribution in [0.3, 0.4) is 0 Å². The Balaban J connectivity index is 0.00000106. The molecule has 0 aromatic heterocycles. The summed E-state index contributed by atoms with van der Waals surface area (Å²) in [7, 11) is 0. The highest BCUT2D eigenvalue weighted by Crippen LogP contribution is 2.48. The summed E-state index contributed by atoms with van der Waals surface area (Å²) in [6.07, 6.45) is 4.09. The SMILES string of the molecule is CC.Cc1cc(CCC2(CN)CC2)cc(SC(F)(F)F)c1. The smallest absolute Gasteiger partial charge is 0.330 e. The maximum atomic E-state index is 12.4. The molecule has 0 aliphatic heterocycles. The van der Waals surface area contributed by atoms with Crippen LogP contribution in [0.5, 0.6) is 0 Å². The first-order chi connectivity index (χ1) is 9.82. The molecule has 0 heterocycles. The molecule has 120 valence electrons. The van der Waals surface area contributed by atoms with Gasteiger partial charge in [0.25, 0.3) is 0 Å². The average molecular weight is 319 g/mol. The molecule has 1 fully saturated rings. The zero-order valence-electron chi connectivity index (χ0n) is 12.9. The van der Waals surface area contributed by atoms with Crippen LogP contribution in [0.15, 0.2) is 23.1 Å². The molecule has 1 aliphatic carbocycles. The highest BCUT2D eigenvalue weighted by Gasteiger charge is 2.40. The number of hydrogen-bond donors (Lipinski definition) is 1. The van der Waals surface area contributed by atoms with Gasteiger partial charge in [-0.05, 0) is 79.6 Å². The Labute approximate surface area is 129 Å². The lowest BCUT2D eigenvalue weighted by molar-refractivity contribution is -0.0328. The molecule has 1 aromatic carbocycles. The van der Waals surface area contributed by atoms with Crippen LogP contribution in [0.4, 0.5) is 13.2 Å². The lowest BCUT2D eigenvalue weighted by atomic mass is 9.96. The largest absolute Gasteiger partial charge is 0.446 e. The third-order valence-electron chi connectivity index (χ3n) is 3.68. The van der Waals surface area contributed by atoms with Crippen LogP contribution < -0.4 is 5.73 Å². The summed E-state index contributed by atoms with van der Waals surface area (Å²) in [6, 6.07) is 5.20. The topological polar surface area (TPSA) is 26.0 Å². The van der Waals surface area contributed by atoms with Crippen molar-refractivity contribution in [3.63, 3.8) is 0 Å². The lowest BCUT2D eigenvalue weighted by Crippen LogP contribution is -2.16. The van der Waals surface area contributed by atoms with Crippen LogP contribution in [0.25, 0.3) is 0 Å². The van der Waals surface area contributed by atoms with Crippen molar-refractivity contribution in [1.29, 1.82) is 0 Å². The number of halogens is 3. The van der Waals surface area contributed by atoms with Crippen LogP contribution in [0.2, 0.25) is 0 Å². The van der Waals surface area contributed by atoms with E-state index in [9.17, 15) is 13.2 Å². The van der Waals surface area contributed by atoms with E-state index in [1.165, 1.54) is 0 Å². The van der Waals surface area contributed by atoms with Gasteiger partial charge in [0, 0.05) is 4.90 Å². The van der Waals surface area contributed by atoms with Crippen molar-refractivity contribution in [1.82, 2.24) is 0 Å². The fourth-order valence-electron chi connectivity index (χ4n) is 2.30. The summed E-state index contributed by atoms with van der Waals surface area (Å²) >= 11 is -0.0409. The van der Waals surface area contributed by atoms with Crippen LogP contribution in [0.1, 0.15) is 44.2 Å². The summed E-state index contributed by atoms with van der Waals surface area (Å²) < 4.78 is 37.2. The van der Waals surface area contributed by atoms with Gasteiger partial charge in [0.05, 0.1) is 0 Å². The van der Waals surface area contributed by atoms with Gasteiger partial charge in [-0.1, -0.05) is 19.9 Å². The molecule has 1 nitrogen and oxygen atoms in total. The van der Waals surface area contributed by atoms with Crippen molar-refractivity contribution in [2.24, 2.45) is 11.1 Å². The van der Waals surface area contributed by atoms with Crippen LogP contribution in [0, 0.1) is 12.3 Å². The molecule has 0 amide bonds. The van der Waals surface area contributed by atoms with Gasteiger partial charge in [-0.25, -0.2) is 0 Å². The van der Waals surface area contributed by atoms with Gasteiger partial charge in [-0.15, -0.1) is 0 Å². The molecular formula is C16H24F3NS. The Bertz CT molecular complexity index is 453. The summed E-state index contributed by atoms with van der Waals surface area (Å²) in [5.41, 5.74) is 3.62. The van der Waals surface area contributed by atoms with E-state index in [1.807, 2.05) is 26.8 Å². The summed E-state index contributed by atoms with van der Waals surface area (Å²) in [4.78, 5) is 0.278. The Hall–Kier alpha value is -0.680. The van der Waals surface area contributed by atoms with Gasteiger partial charge >= 0.3 is 5.51 Å². The van der Waals surface area contributed by atoms with Crippen molar-refractivity contribution >= 4 is 11.8 Å². The van der Waals surface area contributed by atoms with Crippen molar-refractivity contribution < 1.29 is 13.2 Å². The summed E-state index contributed by atoms with van der Waals surface area (Å²) in [6.45, 7) is 6.52. The number of rotatable bonds is 5.